The van der Waals surface area contributed by atoms with Crippen molar-refractivity contribution in [3.8, 4) is 0 Å². The average Bonchev–Trinajstić information content (AvgIpc) is 2.83. The molecule has 0 fully saturated rings. The van der Waals surface area contributed by atoms with E-state index in [-0.39, 0.29) is 0 Å². The summed E-state index contributed by atoms with van der Waals surface area (Å²) in [5.41, 5.74) is 2.24. The standard InChI is InChI=1S/C11H19N7/c1-8(2)12-5-10-6-18(14-9(10)3)7-11-13-16-17(4)15-11/h6,8,12H,5,7H2,1-4H3. The second-order valence-electron chi connectivity index (χ2n) is 4.67. The van der Waals surface area contributed by atoms with Gasteiger partial charge < -0.3 is 5.32 Å². The minimum Gasteiger partial charge on any atom is -0.310 e. The topological polar surface area (TPSA) is 73.5 Å². The van der Waals surface area contributed by atoms with E-state index in [0.717, 1.165) is 12.2 Å². The van der Waals surface area contributed by atoms with Crippen LogP contribution >= 0.6 is 0 Å². The quantitative estimate of drug-likeness (QED) is 0.823. The molecule has 0 unspecified atom stereocenters. The number of hydrogen-bond acceptors (Lipinski definition) is 5. The van der Waals surface area contributed by atoms with Gasteiger partial charge in [0.25, 0.3) is 0 Å². The van der Waals surface area contributed by atoms with Gasteiger partial charge in [0.1, 0.15) is 6.54 Å². The van der Waals surface area contributed by atoms with Gasteiger partial charge in [-0.05, 0) is 12.1 Å². The largest absolute Gasteiger partial charge is 0.310 e. The van der Waals surface area contributed by atoms with Crippen LogP contribution in [-0.4, -0.2) is 36.0 Å². The first kappa shape index (κ1) is 12.7. The number of aromatic nitrogens is 6. The van der Waals surface area contributed by atoms with Gasteiger partial charge in [-0.15, -0.1) is 10.2 Å². The fourth-order valence-electron chi connectivity index (χ4n) is 1.66. The van der Waals surface area contributed by atoms with E-state index in [1.165, 1.54) is 10.4 Å². The molecule has 0 bridgehead atoms. The molecule has 2 aromatic rings. The maximum absolute atomic E-state index is 4.45. The van der Waals surface area contributed by atoms with Gasteiger partial charge >= 0.3 is 0 Å². The summed E-state index contributed by atoms with van der Waals surface area (Å²) in [7, 11) is 1.75. The zero-order valence-electron chi connectivity index (χ0n) is 11.3. The predicted octanol–water partition coefficient (Wildman–Crippen LogP) is 0.261. The lowest BCUT2D eigenvalue weighted by molar-refractivity contribution is 0.586. The lowest BCUT2D eigenvalue weighted by Gasteiger charge is -2.06. The minimum atomic E-state index is 0.467. The normalized spacial score (nSPS) is 11.4. The van der Waals surface area contributed by atoms with Gasteiger partial charge in [0.15, 0.2) is 5.82 Å². The predicted molar refractivity (Wildman–Crippen MR) is 66.8 cm³/mol. The Morgan fingerprint density at radius 2 is 2.11 bits per heavy atom. The third kappa shape index (κ3) is 3.13. The lowest BCUT2D eigenvalue weighted by Crippen LogP contribution is -2.21. The Balaban J connectivity index is 2.04. The molecule has 0 amide bonds. The smallest absolute Gasteiger partial charge is 0.196 e. The molecule has 7 heteroatoms. The highest BCUT2D eigenvalue weighted by Crippen LogP contribution is 2.06. The molecule has 1 N–H and O–H groups in total. The molecule has 0 aliphatic carbocycles. The molecule has 0 aliphatic heterocycles. The molecule has 0 radical (unpaired) electrons. The van der Waals surface area contributed by atoms with Crippen LogP contribution in [-0.2, 0) is 20.1 Å². The Kier molecular flexibility index (Phi) is 3.71. The van der Waals surface area contributed by atoms with E-state index in [4.69, 9.17) is 0 Å². The summed E-state index contributed by atoms with van der Waals surface area (Å²) in [6.07, 6.45) is 2.03. The molecule has 0 saturated heterocycles. The van der Waals surface area contributed by atoms with Crippen LogP contribution in [0.2, 0.25) is 0 Å². The molecule has 0 atom stereocenters. The number of nitrogens with one attached hydrogen (secondary N) is 1. The summed E-state index contributed by atoms with van der Waals surface area (Å²) in [6, 6.07) is 0.467. The van der Waals surface area contributed by atoms with Crippen molar-refractivity contribution in [2.24, 2.45) is 7.05 Å². The van der Waals surface area contributed by atoms with Gasteiger partial charge in [-0.2, -0.15) is 9.90 Å². The average molecular weight is 249 g/mol. The Morgan fingerprint density at radius 3 is 2.72 bits per heavy atom. The van der Waals surface area contributed by atoms with Crippen molar-refractivity contribution in [3.63, 3.8) is 0 Å². The van der Waals surface area contributed by atoms with E-state index >= 15 is 0 Å². The van der Waals surface area contributed by atoms with Crippen molar-refractivity contribution in [3.05, 3.63) is 23.3 Å². The SMILES string of the molecule is Cc1nn(Cc2nnn(C)n2)cc1CNC(C)C. The van der Waals surface area contributed by atoms with Gasteiger partial charge in [0, 0.05) is 24.3 Å². The molecule has 98 valence electrons. The maximum Gasteiger partial charge on any atom is 0.196 e. The van der Waals surface area contributed by atoms with Gasteiger partial charge in [0.05, 0.1) is 12.7 Å². The van der Waals surface area contributed by atoms with Crippen molar-refractivity contribution in [1.82, 2.24) is 35.3 Å². The van der Waals surface area contributed by atoms with Gasteiger partial charge in [0.2, 0.25) is 0 Å². The van der Waals surface area contributed by atoms with Crippen LogP contribution in [0.1, 0.15) is 30.9 Å². The third-order valence-corrected chi connectivity index (χ3v) is 2.60. The molecular weight excluding hydrogens is 230 g/mol. The summed E-state index contributed by atoms with van der Waals surface area (Å²) in [4.78, 5) is 1.45. The highest BCUT2D eigenvalue weighted by molar-refractivity contribution is 5.15. The molecule has 0 saturated carbocycles. The minimum absolute atomic E-state index is 0.467. The molecule has 2 rings (SSSR count). The number of hydrogen-bond donors (Lipinski definition) is 1. The monoisotopic (exact) mass is 249 g/mol. The van der Waals surface area contributed by atoms with Crippen molar-refractivity contribution >= 4 is 0 Å². The Labute approximate surface area is 106 Å². The molecule has 2 aromatic heterocycles. The lowest BCUT2D eigenvalue weighted by atomic mass is 10.2. The molecule has 0 spiro atoms. The Bertz CT molecular complexity index is 511. The fraction of sp³-hybridized carbons (Fsp3) is 0.636. The van der Waals surface area contributed by atoms with E-state index in [9.17, 15) is 0 Å². The zero-order valence-corrected chi connectivity index (χ0v) is 11.3. The van der Waals surface area contributed by atoms with Crippen LogP contribution in [0, 0.1) is 6.92 Å². The third-order valence-electron chi connectivity index (χ3n) is 2.60. The van der Waals surface area contributed by atoms with Crippen molar-refractivity contribution in [1.29, 1.82) is 0 Å². The van der Waals surface area contributed by atoms with Crippen molar-refractivity contribution in [2.75, 3.05) is 0 Å². The summed E-state index contributed by atoms with van der Waals surface area (Å²) >= 11 is 0. The van der Waals surface area contributed by atoms with Crippen LogP contribution in [0.3, 0.4) is 0 Å². The number of rotatable bonds is 5. The molecule has 7 nitrogen and oxygen atoms in total. The first-order chi connectivity index (χ1) is 8.54. The summed E-state index contributed by atoms with van der Waals surface area (Å²) in [6.45, 7) is 7.65. The van der Waals surface area contributed by atoms with Crippen molar-refractivity contribution in [2.45, 2.75) is 39.9 Å². The highest BCUT2D eigenvalue weighted by Gasteiger charge is 2.08. The van der Waals surface area contributed by atoms with E-state index in [1.54, 1.807) is 7.05 Å². The second-order valence-corrected chi connectivity index (χ2v) is 4.67. The van der Waals surface area contributed by atoms with E-state index in [0.29, 0.717) is 18.4 Å². The molecule has 0 aromatic carbocycles. The van der Waals surface area contributed by atoms with E-state index in [1.807, 2.05) is 17.8 Å². The number of tetrazole rings is 1. The molecule has 2 heterocycles. The van der Waals surface area contributed by atoms with Crippen LogP contribution in [0.25, 0.3) is 0 Å². The highest BCUT2D eigenvalue weighted by atomic mass is 15.6. The summed E-state index contributed by atoms with van der Waals surface area (Å²) in [5.74, 6) is 0.670. The number of nitrogens with zero attached hydrogens (tertiary/aromatic N) is 6. The first-order valence-corrected chi connectivity index (χ1v) is 6.04. The summed E-state index contributed by atoms with van der Waals surface area (Å²) < 4.78 is 1.85. The first-order valence-electron chi connectivity index (χ1n) is 6.04. The van der Waals surface area contributed by atoms with Gasteiger partial charge in [-0.25, -0.2) is 0 Å². The Hall–Kier alpha value is -1.76. The van der Waals surface area contributed by atoms with Gasteiger partial charge in [-0.1, -0.05) is 13.8 Å². The van der Waals surface area contributed by atoms with E-state index in [2.05, 4.69) is 39.7 Å². The second kappa shape index (κ2) is 5.26. The van der Waals surface area contributed by atoms with Crippen molar-refractivity contribution < 1.29 is 0 Å². The van der Waals surface area contributed by atoms with Crippen LogP contribution in [0.5, 0.6) is 0 Å². The number of aryl methyl sites for hydroxylation is 2. The fourth-order valence-corrected chi connectivity index (χ4v) is 1.66. The van der Waals surface area contributed by atoms with Crippen LogP contribution in [0.4, 0.5) is 0 Å². The molecular formula is C11H19N7. The zero-order chi connectivity index (χ0) is 13.1. The maximum atomic E-state index is 4.45. The van der Waals surface area contributed by atoms with E-state index < -0.39 is 0 Å². The van der Waals surface area contributed by atoms with Crippen LogP contribution < -0.4 is 5.32 Å². The Morgan fingerprint density at radius 1 is 1.33 bits per heavy atom. The van der Waals surface area contributed by atoms with Gasteiger partial charge in [-0.3, -0.25) is 4.68 Å². The van der Waals surface area contributed by atoms with Crippen LogP contribution in [0.15, 0.2) is 6.20 Å². The molecule has 18 heavy (non-hydrogen) atoms. The molecule has 0 aliphatic rings. The summed E-state index contributed by atoms with van der Waals surface area (Å²) in [5, 5.41) is 19.7.